The van der Waals surface area contributed by atoms with Gasteiger partial charge in [-0.25, -0.2) is 4.79 Å². The van der Waals surface area contributed by atoms with E-state index in [1.807, 2.05) is 6.07 Å². The lowest BCUT2D eigenvalue weighted by molar-refractivity contribution is -0.140. The molecule has 0 aromatic heterocycles. The van der Waals surface area contributed by atoms with Crippen molar-refractivity contribution in [3.05, 3.63) is 27.3 Å². The first-order valence-electron chi connectivity index (χ1n) is 4.51. The molecule has 17 heavy (non-hydrogen) atoms. The smallest absolute Gasteiger partial charge is 0.349 e. The van der Waals surface area contributed by atoms with Crippen LogP contribution in [0.15, 0.2) is 23.4 Å². The molecule has 0 saturated carbocycles. The first-order valence-corrected chi connectivity index (χ1v) is 6.13. The van der Waals surface area contributed by atoms with Gasteiger partial charge in [0.2, 0.25) is 0 Å². The molecule has 0 unspecified atom stereocenters. The number of oxime groups is 1. The number of benzene rings is 1. The second-order valence-electron chi connectivity index (χ2n) is 2.92. The van der Waals surface area contributed by atoms with E-state index in [-0.39, 0.29) is 11.7 Å². The summed E-state index contributed by atoms with van der Waals surface area (Å²) >= 11 is 7.38. The van der Waals surface area contributed by atoms with Crippen molar-refractivity contribution in [1.82, 2.24) is 0 Å². The summed E-state index contributed by atoms with van der Waals surface area (Å²) in [5.74, 6) is -0.341. The summed E-state index contributed by atoms with van der Waals surface area (Å²) in [5.41, 5.74) is 6.25. The predicted molar refractivity (Wildman–Crippen MR) is 73.2 cm³/mol. The van der Waals surface area contributed by atoms with Crippen LogP contribution in [-0.4, -0.2) is 24.8 Å². The van der Waals surface area contributed by atoms with E-state index in [9.17, 15) is 4.79 Å². The van der Waals surface area contributed by atoms with Gasteiger partial charge < -0.3 is 15.3 Å². The number of carbonyl (C=O) groups excluding carboxylic acids is 1. The summed E-state index contributed by atoms with van der Waals surface area (Å²) in [5, 5.41) is 3.49. The fraction of sp³-hybridized carbons (Fsp3) is 0.200. The number of halogens is 2. The van der Waals surface area contributed by atoms with E-state index in [2.05, 4.69) is 32.6 Å². The van der Waals surface area contributed by atoms with Gasteiger partial charge in [-0.15, -0.1) is 11.6 Å². The SMILES string of the molecule is COc1ccc(I)cc1/C(N)=N/OC(=O)CCl. The van der Waals surface area contributed by atoms with Gasteiger partial charge in [-0.3, -0.25) is 0 Å². The van der Waals surface area contributed by atoms with Crippen LogP contribution < -0.4 is 10.5 Å². The van der Waals surface area contributed by atoms with Crippen LogP contribution in [0.4, 0.5) is 0 Å². The van der Waals surface area contributed by atoms with Crippen molar-refractivity contribution in [2.24, 2.45) is 10.9 Å². The lowest BCUT2D eigenvalue weighted by Gasteiger charge is -2.07. The fourth-order valence-electron chi connectivity index (χ4n) is 1.05. The number of methoxy groups -OCH3 is 1. The third-order valence-electron chi connectivity index (χ3n) is 1.79. The van der Waals surface area contributed by atoms with Gasteiger partial charge in [0.15, 0.2) is 5.84 Å². The van der Waals surface area contributed by atoms with Crippen LogP contribution >= 0.6 is 34.2 Å². The molecule has 2 N–H and O–H groups in total. The Morgan fingerprint density at radius 3 is 2.88 bits per heavy atom. The third kappa shape index (κ3) is 4.04. The van der Waals surface area contributed by atoms with Gasteiger partial charge in [-0.05, 0) is 40.8 Å². The molecule has 0 atom stereocenters. The van der Waals surface area contributed by atoms with E-state index >= 15 is 0 Å². The van der Waals surface area contributed by atoms with E-state index < -0.39 is 5.97 Å². The second-order valence-corrected chi connectivity index (χ2v) is 4.43. The summed E-state index contributed by atoms with van der Waals surface area (Å²) in [6.07, 6.45) is 0. The number of carbonyl (C=O) groups is 1. The molecule has 0 fully saturated rings. The number of nitrogens with zero attached hydrogens (tertiary/aromatic N) is 1. The number of nitrogens with two attached hydrogens (primary N) is 1. The van der Waals surface area contributed by atoms with Gasteiger partial charge >= 0.3 is 5.97 Å². The highest BCUT2D eigenvalue weighted by Gasteiger charge is 2.09. The topological polar surface area (TPSA) is 73.9 Å². The molecule has 1 aromatic carbocycles. The molecular weight excluding hydrogens is 358 g/mol. The lowest BCUT2D eigenvalue weighted by Crippen LogP contribution is -2.16. The highest BCUT2D eigenvalue weighted by atomic mass is 127. The van der Waals surface area contributed by atoms with Crippen molar-refractivity contribution >= 4 is 46.0 Å². The van der Waals surface area contributed by atoms with Crippen LogP contribution in [0.5, 0.6) is 5.75 Å². The van der Waals surface area contributed by atoms with Crippen LogP contribution in [0.25, 0.3) is 0 Å². The summed E-state index contributed by atoms with van der Waals surface area (Å²) < 4.78 is 6.08. The molecule has 0 aliphatic carbocycles. The Hall–Kier alpha value is -1.02. The molecule has 0 aliphatic rings. The van der Waals surface area contributed by atoms with Crippen LogP contribution in [0.1, 0.15) is 5.56 Å². The second kappa shape index (κ2) is 6.65. The van der Waals surface area contributed by atoms with Crippen molar-refractivity contribution < 1.29 is 14.4 Å². The molecule has 1 rings (SSSR count). The Balaban J connectivity index is 2.97. The summed E-state index contributed by atoms with van der Waals surface area (Å²) in [6.45, 7) is 0. The minimum atomic E-state index is -0.667. The monoisotopic (exact) mass is 368 g/mol. The zero-order valence-electron chi connectivity index (χ0n) is 8.94. The van der Waals surface area contributed by atoms with Crippen LogP contribution in [0, 0.1) is 3.57 Å². The number of rotatable bonds is 4. The van der Waals surface area contributed by atoms with Gasteiger partial charge in [0, 0.05) is 3.57 Å². The maximum Gasteiger partial charge on any atom is 0.349 e. The van der Waals surface area contributed by atoms with Gasteiger partial charge in [0.05, 0.1) is 12.7 Å². The zero-order valence-corrected chi connectivity index (χ0v) is 11.9. The Labute approximate surface area is 117 Å². The molecule has 0 amide bonds. The molecule has 0 saturated heterocycles. The average molecular weight is 369 g/mol. The molecule has 0 spiro atoms. The molecule has 1 aromatic rings. The first-order chi connectivity index (χ1) is 8.08. The van der Waals surface area contributed by atoms with Crippen LogP contribution in [-0.2, 0) is 9.63 Å². The fourth-order valence-corrected chi connectivity index (χ4v) is 1.59. The maximum absolute atomic E-state index is 10.8. The van der Waals surface area contributed by atoms with Crippen molar-refractivity contribution in [1.29, 1.82) is 0 Å². The minimum Gasteiger partial charge on any atom is -0.496 e. The highest BCUT2D eigenvalue weighted by Crippen LogP contribution is 2.20. The maximum atomic E-state index is 10.8. The predicted octanol–water partition coefficient (Wildman–Crippen LogP) is 1.70. The van der Waals surface area contributed by atoms with Gasteiger partial charge in [0.1, 0.15) is 11.6 Å². The molecule has 0 radical (unpaired) electrons. The Morgan fingerprint density at radius 2 is 2.29 bits per heavy atom. The molecule has 92 valence electrons. The van der Waals surface area contributed by atoms with Crippen molar-refractivity contribution in [2.75, 3.05) is 13.0 Å². The van der Waals surface area contributed by atoms with Gasteiger partial charge in [-0.1, -0.05) is 5.16 Å². The van der Waals surface area contributed by atoms with E-state index in [1.165, 1.54) is 7.11 Å². The lowest BCUT2D eigenvalue weighted by atomic mass is 10.2. The van der Waals surface area contributed by atoms with E-state index in [0.717, 1.165) is 3.57 Å². The standard InChI is InChI=1S/C10H10ClIN2O3/c1-16-8-3-2-6(12)4-7(8)10(13)14-17-9(15)5-11/h2-4H,5H2,1H3,(H2,13,14). The largest absolute Gasteiger partial charge is 0.496 e. The summed E-state index contributed by atoms with van der Waals surface area (Å²) in [6, 6.07) is 5.39. The van der Waals surface area contributed by atoms with Gasteiger partial charge in [-0.2, -0.15) is 0 Å². The molecule has 0 bridgehead atoms. The Bertz CT molecular complexity index is 451. The Kier molecular flexibility index (Phi) is 5.49. The minimum absolute atomic E-state index is 0.0545. The van der Waals surface area contributed by atoms with E-state index in [4.69, 9.17) is 22.1 Å². The quantitative estimate of drug-likeness (QED) is 0.219. The molecular formula is C10H10ClIN2O3. The molecule has 0 heterocycles. The van der Waals surface area contributed by atoms with Crippen molar-refractivity contribution in [2.45, 2.75) is 0 Å². The average Bonchev–Trinajstić information content (AvgIpc) is 2.35. The van der Waals surface area contributed by atoms with Crippen LogP contribution in [0.2, 0.25) is 0 Å². The molecule has 0 aliphatic heterocycles. The first kappa shape index (κ1) is 14.0. The molecule has 7 heteroatoms. The zero-order chi connectivity index (χ0) is 12.8. The third-order valence-corrected chi connectivity index (χ3v) is 2.68. The number of amidine groups is 1. The van der Waals surface area contributed by atoms with Gasteiger partial charge in [0.25, 0.3) is 0 Å². The van der Waals surface area contributed by atoms with Crippen molar-refractivity contribution in [3.8, 4) is 5.75 Å². The normalized spacial score (nSPS) is 11.1. The van der Waals surface area contributed by atoms with E-state index in [1.54, 1.807) is 12.1 Å². The number of hydrogen-bond donors (Lipinski definition) is 1. The van der Waals surface area contributed by atoms with E-state index in [0.29, 0.717) is 11.3 Å². The number of hydrogen-bond acceptors (Lipinski definition) is 4. The van der Waals surface area contributed by atoms with Crippen molar-refractivity contribution in [3.63, 3.8) is 0 Å². The number of alkyl halides is 1. The summed E-state index contributed by atoms with van der Waals surface area (Å²) in [7, 11) is 1.52. The Morgan fingerprint density at radius 1 is 1.59 bits per heavy atom. The highest BCUT2D eigenvalue weighted by molar-refractivity contribution is 14.1. The molecule has 5 nitrogen and oxygen atoms in total. The summed E-state index contributed by atoms with van der Waals surface area (Å²) in [4.78, 5) is 15.3. The number of ether oxygens (including phenoxy) is 1. The van der Waals surface area contributed by atoms with Crippen LogP contribution in [0.3, 0.4) is 0 Å².